The maximum Gasteiger partial charge on any atom is 0.276 e. The molecule has 0 radical (unpaired) electrons. The quantitative estimate of drug-likeness (QED) is 0.596. The lowest BCUT2D eigenvalue weighted by Gasteiger charge is -2.00. The Hall–Kier alpha value is -3.08. The van der Waals surface area contributed by atoms with E-state index in [2.05, 4.69) is 15.0 Å². The molecule has 2 N–H and O–H groups in total. The zero-order valence-electron chi connectivity index (χ0n) is 11.9. The number of aromatic nitrogens is 3. The van der Waals surface area contributed by atoms with Gasteiger partial charge in [-0.3, -0.25) is 4.79 Å². The van der Waals surface area contributed by atoms with Crippen LogP contribution in [0.3, 0.4) is 0 Å². The molecule has 0 bridgehead atoms. The van der Waals surface area contributed by atoms with Crippen LogP contribution in [-0.4, -0.2) is 22.1 Å². The molecule has 0 fully saturated rings. The lowest BCUT2D eigenvalue weighted by molar-refractivity contribution is 0.415. The van der Waals surface area contributed by atoms with Crippen LogP contribution in [0.1, 0.15) is 0 Å². The highest BCUT2D eigenvalue weighted by molar-refractivity contribution is 5.87. The normalized spacial score (nSPS) is 11.1. The van der Waals surface area contributed by atoms with Gasteiger partial charge in [0.2, 0.25) is 0 Å². The monoisotopic (exact) mass is 291 g/mol. The molecule has 2 aromatic carbocycles. The number of nitrogens with zero attached hydrogens (tertiary/aromatic N) is 1. The van der Waals surface area contributed by atoms with Gasteiger partial charge in [-0.2, -0.15) is 0 Å². The minimum Gasteiger partial charge on any atom is -0.497 e. The molecule has 0 spiro atoms. The van der Waals surface area contributed by atoms with Crippen molar-refractivity contribution in [1.82, 2.24) is 15.0 Å². The van der Waals surface area contributed by atoms with Gasteiger partial charge in [0, 0.05) is 17.0 Å². The van der Waals surface area contributed by atoms with E-state index < -0.39 is 0 Å². The van der Waals surface area contributed by atoms with Gasteiger partial charge < -0.3 is 14.7 Å². The highest BCUT2D eigenvalue weighted by atomic mass is 16.5. The second-order valence-electron chi connectivity index (χ2n) is 5.07. The number of methoxy groups -OCH3 is 1. The summed E-state index contributed by atoms with van der Waals surface area (Å²) in [6.07, 6.45) is 0. The van der Waals surface area contributed by atoms with Crippen LogP contribution in [0.2, 0.25) is 0 Å². The molecule has 0 saturated carbocycles. The summed E-state index contributed by atoms with van der Waals surface area (Å²) in [6.45, 7) is 0. The lowest BCUT2D eigenvalue weighted by atomic mass is 10.2. The van der Waals surface area contributed by atoms with Gasteiger partial charge in [0.15, 0.2) is 5.69 Å². The standard InChI is InChI=1S/C17H13N3O2/c1-22-11-7-6-10-8-15(18-14(10)9-11)16-17(21)20-13-5-3-2-4-12(13)19-16/h2-9,18H,1H3,(H,20,21). The molecule has 0 aliphatic heterocycles. The molecule has 4 aromatic rings. The highest BCUT2D eigenvalue weighted by Gasteiger charge is 2.10. The lowest BCUT2D eigenvalue weighted by Crippen LogP contribution is -2.11. The summed E-state index contributed by atoms with van der Waals surface area (Å²) in [4.78, 5) is 22.8. The van der Waals surface area contributed by atoms with Gasteiger partial charge in [-0.25, -0.2) is 4.98 Å². The number of hydrogen-bond donors (Lipinski definition) is 2. The van der Waals surface area contributed by atoms with Gasteiger partial charge >= 0.3 is 0 Å². The predicted octanol–water partition coefficient (Wildman–Crippen LogP) is 3.08. The molecular formula is C17H13N3O2. The Morgan fingerprint density at radius 1 is 1.00 bits per heavy atom. The summed E-state index contributed by atoms with van der Waals surface area (Å²) < 4.78 is 5.22. The number of nitrogens with one attached hydrogen (secondary N) is 2. The molecule has 0 aliphatic carbocycles. The molecule has 0 saturated heterocycles. The van der Waals surface area contributed by atoms with Crippen LogP contribution >= 0.6 is 0 Å². The first kappa shape index (κ1) is 12.6. The number of H-pyrrole nitrogens is 2. The molecule has 108 valence electrons. The fourth-order valence-electron chi connectivity index (χ4n) is 2.57. The van der Waals surface area contributed by atoms with E-state index in [1.165, 1.54) is 0 Å². The Morgan fingerprint density at radius 2 is 1.86 bits per heavy atom. The van der Waals surface area contributed by atoms with Crippen LogP contribution < -0.4 is 10.3 Å². The van der Waals surface area contributed by atoms with Crippen molar-refractivity contribution in [2.45, 2.75) is 0 Å². The van der Waals surface area contributed by atoms with Crippen molar-refractivity contribution in [3.05, 3.63) is 58.9 Å². The highest BCUT2D eigenvalue weighted by Crippen LogP contribution is 2.25. The van der Waals surface area contributed by atoms with Gasteiger partial charge in [0.1, 0.15) is 5.75 Å². The number of hydrogen-bond acceptors (Lipinski definition) is 3. The number of fused-ring (bicyclic) bond motifs is 2. The molecule has 5 heteroatoms. The van der Waals surface area contributed by atoms with Crippen molar-refractivity contribution in [3.63, 3.8) is 0 Å². The van der Waals surface area contributed by atoms with E-state index in [0.29, 0.717) is 11.4 Å². The maximum atomic E-state index is 12.3. The first-order valence-corrected chi connectivity index (χ1v) is 6.91. The third-order valence-electron chi connectivity index (χ3n) is 3.68. The van der Waals surface area contributed by atoms with Crippen LogP contribution in [0.15, 0.2) is 53.3 Å². The van der Waals surface area contributed by atoms with E-state index in [9.17, 15) is 4.79 Å². The Morgan fingerprint density at radius 3 is 2.73 bits per heavy atom. The van der Waals surface area contributed by atoms with Crippen molar-refractivity contribution < 1.29 is 4.74 Å². The van der Waals surface area contributed by atoms with Crippen molar-refractivity contribution in [2.24, 2.45) is 0 Å². The molecule has 0 unspecified atom stereocenters. The molecule has 0 atom stereocenters. The molecule has 4 rings (SSSR count). The molecule has 2 heterocycles. The summed E-state index contributed by atoms with van der Waals surface area (Å²) in [7, 11) is 1.63. The van der Waals surface area contributed by atoms with Crippen LogP contribution in [0, 0.1) is 0 Å². The number of benzene rings is 2. The molecule has 5 nitrogen and oxygen atoms in total. The number of rotatable bonds is 2. The molecule has 0 amide bonds. The average molecular weight is 291 g/mol. The third-order valence-corrected chi connectivity index (χ3v) is 3.68. The van der Waals surface area contributed by atoms with Gasteiger partial charge in [-0.1, -0.05) is 12.1 Å². The minimum absolute atomic E-state index is 0.211. The average Bonchev–Trinajstić information content (AvgIpc) is 2.96. The first-order chi connectivity index (χ1) is 10.7. The van der Waals surface area contributed by atoms with E-state index in [1.807, 2.05) is 48.5 Å². The second kappa shape index (κ2) is 4.73. The van der Waals surface area contributed by atoms with Crippen LogP contribution in [0.25, 0.3) is 33.3 Å². The van der Waals surface area contributed by atoms with Crippen LogP contribution in [0.4, 0.5) is 0 Å². The number of ether oxygens (including phenoxy) is 1. The summed E-state index contributed by atoms with van der Waals surface area (Å²) in [5.41, 5.74) is 3.26. The van der Waals surface area contributed by atoms with E-state index in [4.69, 9.17) is 4.74 Å². The van der Waals surface area contributed by atoms with E-state index >= 15 is 0 Å². The van der Waals surface area contributed by atoms with Crippen molar-refractivity contribution in [3.8, 4) is 17.1 Å². The van der Waals surface area contributed by atoms with Crippen molar-refractivity contribution >= 4 is 21.9 Å². The fourth-order valence-corrected chi connectivity index (χ4v) is 2.57. The predicted molar refractivity (Wildman–Crippen MR) is 86.2 cm³/mol. The van der Waals surface area contributed by atoms with Crippen molar-refractivity contribution in [1.29, 1.82) is 0 Å². The van der Waals surface area contributed by atoms with Gasteiger partial charge in [-0.05, 0) is 30.3 Å². The van der Waals surface area contributed by atoms with Crippen molar-refractivity contribution in [2.75, 3.05) is 7.11 Å². The summed E-state index contributed by atoms with van der Waals surface area (Å²) in [5.74, 6) is 0.765. The molecule has 2 aromatic heterocycles. The zero-order valence-corrected chi connectivity index (χ0v) is 11.9. The molecular weight excluding hydrogens is 278 g/mol. The Kier molecular flexibility index (Phi) is 2.72. The Bertz CT molecular complexity index is 1050. The summed E-state index contributed by atoms with van der Waals surface area (Å²) in [6, 6.07) is 15.1. The van der Waals surface area contributed by atoms with Crippen LogP contribution in [0.5, 0.6) is 5.75 Å². The number of aromatic amines is 2. The summed E-state index contributed by atoms with van der Waals surface area (Å²) >= 11 is 0. The van der Waals surface area contributed by atoms with Crippen LogP contribution in [-0.2, 0) is 0 Å². The van der Waals surface area contributed by atoms with E-state index in [-0.39, 0.29) is 5.56 Å². The minimum atomic E-state index is -0.211. The maximum absolute atomic E-state index is 12.3. The third kappa shape index (κ3) is 1.95. The SMILES string of the molecule is COc1ccc2cc(-c3nc4ccccc4[nH]c3=O)[nH]c2c1. The summed E-state index contributed by atoms with van der Waals surface area (Å²) in [5, 5.41) is 1.00. The largest absolute Gasteiger partial charge is 0.497 e. The van der Waals surface area contributed by atoms with Gasteiger partial charge in [0.05, 0.1) is 23.8 Å². The fraction of sp³-hybridized carbons (Fsp3) is 0.0588. The Balaban J connectivity index is 1.94. The first-order valence-electron chi connectivity index (χ1n) is 6.91. The molecule has 22 heavy (non-hydrogen) atoms. The van der Waals surface area contributed by atoms with E-state index in [1.54, 1.807) is 7.11 Å². The molecule has 0 aliphatic rings. The number of para-hydroxylation sites is 2. The van der Waals surface area contributed by atoms with Gasteiger partial charge in [0.25, 0.3) is 5.56 Å². The smallest absolute Gasteiger partial charge is 0.276 e. The zero-order chi connectivity index (χ0) is 15.1. The topological polar surface area (TPSA) is 70.8 Å². The van der Waals surface area contributed by atoms with Gasteiger partial charge in [-0.15, -0.1) is 0 Å². The second-order valence-corrected chi connectivity index (χ2v) is 5.07. The van der Waals surface area contributed by atoms with E-state index in [0.717, 1.165) is 27.7 Å². The Labute approximate surface area is 125 Å².